The van der Waals surface area contributed by atoms with E-state index in [1.807, 2.05) is 6.07 Å². The molecule has 0 atom stereocenters. The molecule has 0 spiro atoms. The molecule has 0 aliphatic carbocycles. The molecule has 1 aliphatic heterocycles. The molecule has 2 aromatic carbocycles. The van der Waals surface area contributed by atoms with Gasteiger partial charge in [-0.05, 0) is 35.7 Å². The van der Waals surface area contributed by atoms with Gasteiger partial charge in [-0.3, -0.25) is 9.59 Å². The number of hydrogen-bond donors (Lipinski definition) is 2. The first kappa shape index (κ1) is 16.2. The van der Waals surface area contributed by atoms with Crippen molar-refractivity contribution < 1.29 is 14.3 Å². The number of benzene rings is 2. The molecule has 24 heavy (non-hydrogen) atoms. The van der Waals surface area contributed by atoms with Crippen molar-refractivity contribution in [2.75, 3.05) is 6.61 Å². The first-order valence-corrected chi connectivity index (χ1v) is 7.94. The second-order valence-electron chi connectivity index (χ2n) is 5.86. The van der Waals surface area contributed by atoms with Gasteiger partial charge in [-0.25, -0.2) is 0 Å². The number of amides is 1. The Morgan fingerprint density at radius 2 is 1.96 bits per heavy atom. The van der Waals surface area contributed by atoms with Gasteiger partial charge >= 0.3 is 0 Å². The number of rotatable bonds is 6. The Morgan fingerprint density at radius 1 is 1.12 bits per heavy atom. The van der Waals surface area contributed by atoms with Crippen molar-refractivity contribution in [3.05, 3.63) is 64.7 Å². The summed E-state index contributed by atoms with van der Waals surface area (Å²) in [5.41, 5.74) is 4.25. The Bertz CT molecular complexity index is 771. The van der Waals surface area contributed by atoms with Crippen molar-refractivity contribution in [3.8, 4) is 5.75 Å². The molecule has 0 bridgehead atoms. The van der Waals surface area contributed by atoms with Gasteiger partial charge in [0, 0.05) is 25.2 Å². The molecule has 124 valence electrons. The van der Waals surface area contributed by atoms with Crippen molar-refractivity contribution in [1.29, 1.82) is 0 Å². The number of ketones is 1. The highest BCUT2D eigenvalue weighted by atomic mass is 16.5. The number of carbonyl (C=O) groups is 2. The Morgan fingerprint density at radius 3 is 2.79 bits per heavy atom. The predicted octanol–water partition coefficient (Wildman–Crippen LogP) is 2.19. The Labute approximate surface area is 141 Å². The largest absolute Gasteiger partial charge is 0.484 e. The van der Waals surface area contributed by atoms with Gasteiger partial charge in [0.25, 0.3) is 5.91 Å². The van der Waals surface area contributed by atoms with E-state index in [2.05, 4.69) is 22.8 Å². The highest BCUT2D eigenvalue weighted by molar-refractivity contribution is 5.94. The van der Waals surface area contributed by atoms with Gasteiger partial charge in [0.15, 0.2) is 12.4 Å². The SMILES string of the molecule is CC(=O)c1cccc(OCC(=O)NCc2ccc3c(c2)CNC3)c1. The topological polar surface area (TPSA) is 67.4 Å². The van der Waals surface area contributed by atoms with E-state index in [4.69, 9.17) is 4.74 Å². The van der Waals surface area contributed by atoms with Crippen LogP contribution in [0, 0.1) is 0 Å². The number of nitrogens with one attached hydrogen (secondary N) is 2. The Balaban J connectivity index is 1.49. The average molecular weight is 324 g/mol. The highest BCUT2D eigenvalue weighted by Crippen LogP contribution is 2.17. The number of Topliss-reactive ketones (excluding diaryl/α,β-unsaturated/α-hetero) is 1. The quantitative estimate of drug-likeness (QED) is 0.799. The molecule has 5 heteroatoms. The third kappa shape index (κ3) is 4.00. The van der Waals surface area contributed by atoms with Crippen LogP contribution in [0.4, 0.5) is 0 Å². The molecule has 2 aromatic rings. The van der Waals surface area contributed by atoms with Crippen LogP contribution < -0.4 is 15.4 Å². The molecule has 2 N–H and O–H groups in total. The second kappa shape index (κ2) is 7.27. The lowest BCUT2D eigenvalue weighted by atomic mass is 10.1. The standard InChI is InChI=1S/C19H20N2O3/c1-13(22)15-3-2-4-18(8-15)24-12-19(23)21-9-14-5-6-16-10-20-11-17(16)7-14/h2-8,20H,9-12H2,1H3,(H,21,23). The maximum Gasteiger partial charge on any atom is 0.258 e. The third-order valence-corrected chi connectivity index (χ3v) is 4.00. The zero-order valence-corrected chi connectivity index (χ0v) is 13.6. The lowest BCUT2D eigenvalue weighted by Gasteiger charge is -2.09. The highest BCUT2D eigenvalue weighted by Gasteiger charge is 2.10. The van der Waals surface area contributed by atoms with Gasteiger partial charge in [0.1, 0.15) is 5.75 Å². The van der Waals surface area contributed by atoms with Crippen LogP contribution in [-0.2, 0) is 24.4 Å². The molecule has 0 aromatic heterocycles. The molecule has 5 nitrogen and oxygen atoms in total. The van der Waals surface area contributed by atoms with Crippen LogP contribution in [0.1, 0.15) is 34.0 Å². The average Bonchev–Trinajstić information content (AvgIpc) is 3.06. The minimum Gasteiger partial charge on any atom is -0.484 e. The normalized spacial score (nSPS) is 12.5. The van der Waals surface area contributed by atoms with Crippen LogP contribution >= 0.6 is 0 Å². The van der Waals surface area contributed by atoms with Gasteiger partial charge in [-0.15, -0.1) is 0 Å². The fourth-order valence-electron chi connectivity index (χ4n) is 2.66. The summed E-state index contributed by atoms with van der Waals surface area (Å²) in [5, 5.41) is 6.15. The van der Waals surface area contributed by atoms with E-state index in [1.165, 1.54) is 18.1 Å². The molecular formula is C19H20N2O3. The predicted molar refractivity (Wildman–Crippen MR) is 90.8 cm³/mol. The molecule has 1 amide bonds. The van der Waals surface area contributed by atoms with Crippen LogP contribution in [0.5, 0.6) is 5.75 Å². The summed E-state index contributed by atoms with van der Waals surface area (Å²) in [5.74, 6) is 0.291. The first-order chi connectivity index (χ1) is 11.6. The van der Waals surface area contributed by atoms with E-state index in [0.717, 1.165) is 18.7 Å². The summed E-state index contributed by atoms with van der Waals surface area (Å²) in [7, 11) is 0. The maximum absolute atomic E-state index is 11.9. The molecule has 0 radical (unpaired) electrons. The number of fused-ring (bicyclic) bond motifs is 1. The third-order valence-electron chi connectivity index (χ3n) is 4.00. The van der Waals surface area contributed by atoms with Crippen LogP contribution in [0.3, 0.4) is 0 Å². The number of ether oxygens (including phenoxy) is 1. The Hall–Kier alpha value is -2.66. The molecule has 1 heterocycles. The molecule has 0 fully saturated rings. The maximum atomic E-state index is 11.9. The van der Waals surface area contributed by atoms with Crippen molar-refractivity contribution >= 4 is 11.7 Å². The fourth-order valence-corrected chi connectivity index (χ4v) is 2.66. The first-order valence-electron chi connectivity index (χ1n) is 7.94. The molecular weight excluding hydrogens is 304 g/mol. The minimum absolute atomic E-state index is 0.0315. The van der Waals surface area contributed by atoms with E-state index in [-0.39, 0.29) is 18.3 Å². The fraction of sp³-hybridized carbons (Fsp3) is 0.263. The van der Waals surface area contributed by atoms with Crippen molar-refractivity contribution in [2.24, 2.45) is 0 Å². The lowest BCUT2D eigenvalue weighted by Crippen LogP contribution is -2.28. The van der Waals surface area contributed by atoms with Crippen LogP contribution in [-0.4, -0.2) is 18.3 Å². The molecule has 1 aliphatic rings. The summed E-state index contributed by atoms with van der Waals surface area (Å²) in [4.78, 5) is 23.3. The molecule has 0 saturated heterocycles. The number of carbonyl (C=O) groups excluding carboxylic acids is 2. The zero-order valence-electron chi connectivity index (χ0n) is 13.6. The van der Waals surface area contributed by atoms with Crippen LogP contribution in [0.25, 0.3) is 0 Å². The smallest absolute Gasteiger partial charge is 0.258 e. The summed E-state index contributed by atoms with van der Waals surface area (Å²) in [6, 6.07) is 13.1. The second-order valence-corrected chi connectivity index (χ2v) is 5.86. The molecule has 3 rings (SSSR count). The van der Waals surface area contributed by atoms with E-state index in [0.29, 0.717) is 17.9 Å². The summed E-state index contributed by atoms with van der Waals surface area (Å²) < 4.78 is 5.45. The monoisotopic (exact) mass is 324 g/mol. The molecule has 0 unspecified atom stereocenters. The van der Waals surface area contributed by atoms with Crippen molar-refractivity contribution in [1.82, 2.24) is 10.6 Å². The zero-order chi connectivity index (χ0) is 16.9. The minimum atomic E-state index is -0.193. The van der Waals surface area contributed by atoms with Gasteiger partial charge in [0.2, 0.25) is 0 Å². The van der Waals surface area contributed by atoms with Gasteiger partial charge in [0.05, 0.1) is 0 Å². The van der Waals surface area contributed by atoms with Gasteiger partial charge in [-0.2, -0.15) is 0 Å². The van der Waals surface area contributed by atoms with Crippen LogP contribution in [0.2, 0.25) is 0 Å². The number of hydrogen-bond acceptors (Lipinski definition) is 4. The van der Waals surface area contributed by atoms with E-state index >= 15 is 0 Å². The van der Waals surface area contributed by atoms with E-state index in [9.17, 15) is 9.59 Å². The Kier molecular flexibility index (Phi) is 4.91. The van der Waals surface area contributed by atoms with E-state index < -0.39 is 0 Å². The van der Waals surface area contributed by atoms with Gasteiger partial charge in [-0.1, -0.05) is 30.3 Å². The van der Waals surface area contributed by atoms with E-state index in [1.54, 1.807) is 24.3 Å². The molecule has 0 saturated carbocycles. The van der Waals surface area contributed by atoms with Crippen LogP contribution in [0.15, 0.2) is 42.5 Å². The summed E-state index contributed by atoms with van der Waals surface area (Å²) in [6.07, 6.45) is 0. The van der Waals surface area contributed by atoms with Gasteiger partial charge < -0.3 is 15.4 Å². The lowest BCUT2D eigenvalue weighted by molar-refractivity contribution is -0.123. The summed E-state index contributed by atoms with van der Waals surface area (Å²) in [6.45, 7) is 3.69. The summed E-state index contributed by atoms with van der Waals surface area (Å²) >= 11 is 0. The van der Waals surface area contributed by atoms with Crippen molar-refractivity contribution in [2.45, 2.75) is 26.6 Å². The van der Waals surface area contributed by atoms with Crippen molar-refractivity contribution in [3.63, 3.8) is 0 Å².